The van der Waals surface area contributed by atoms with Crippen molar-refractivity contribution in [1.29, 1.82) is 0 Å². The molecular weight excluding hydrogens is 466 g/mol. The fraction of sp³-hybridized carbons (Fsp3) is 0.233. The largest absolute Gasteiger partial charge is 0.465 e. The van der Waals surface area contributed by atoms with Crippen molar-refractivity contribution in [3.05, 3.63) is 95.6 Å². The summed E-state index contributed by atoms with van der Waals surface area (Å²) in [5.74, 6) is 0.0970. The molecule has 4 aromatic rings. The highest BCUT2D eigenvalue weighted by atomic mass is 16.5. The van der Waals surface area contributed by atoms with E-state index in [4.69, 9.17) is 14.1 Å². The van der Waals surface area contributed by atoms with Gasteiger partial charge in [0.2, 0.25) is 0 Å². The third kappa shape index (κ3) is 4.60. The summed E-state index contributed by atoms with van der Waals surface area (Å²) in [7, 11) is 0. The van der Waals surface area contributed by atoms with E-state index in [9.17, 15) is 9.59 Å². The van der Waals surface area contributed by atoms with Gasteiger partial charge in [-0.1, -0.05) is 36.4 Å². The quantitative estimate of drug-likeness (QED) is 0.371. The molecule has 0 saturated carbocycles. The van der Waals surface area contributed by atoms with Crippen LogP contribution >= 0.6 is 0 Å². The van der Waals surface area contributed by atoms with Crippen molar-refractivity contribution in [2.75, 3.05) is 37.7 Å². The number of carbonyl (C=O) groups is 2. The molecule has 1 amide bonds. The van der Waals surface area contributed by atoms with Crippen LogP contribution in [0.3, 0.4) is 0 Å². The van der Waals surface area contributed by atoms with Gasteiger partial charge in [-0.3, -0.25) is 4.79 Å². The lowest BCUT2D eigenvalue weighted by atomic mass is 10.0. The summed E-state index contributed by atoms with van der Waals surface area (Å²) in [5, 5.41) is 0.745. The standard InChI is InChI=1S/C30H27N3O4/c34-27(33-16-14-32(15-17-33)22-7-2-1-3-8-22)20-37-30(35)28-24-10-4-5-11-26(24)31-29-21(12-13-25(28)29)19-23-9-6-18-36-23/h1-11,18-19H,12-17,20H2/b21-19+. The Morgan fingerprint density at radius 2 is 1.70 bits per heavy atom. The Bertz CT molecular complexity index is 1470. The predicted molar refractivity (Wildman–Crippen MR) is 142 cm³/mol. The van der Waals surface area contributed by atoms with Gasteiger partial charge in [0.25, 0.3) is 5.91 Å². The number of carbonyl (C=O) groups excluding carboxylic acids is 2. The molecule has 7 heteroatoms. The van der Waals surface area contributed by atoms with Gasteiger partial charge in [0.05, 0.1) is 23.0 Å². The minimum absolute atomic E-state index is 0.172. The lowest BCUT2D eigenvalue weighted by molar-refractivity contribution is -0.134. The highest BCUT2D eigenvalue weighted by Crippen LogP contribution is 2.37. The van der Waals surface area contributed by atoms with Crippen molar-refractivity contribution in [2.45, 2.75) is 12.8 Å². The summed E-state index contributed by atoms with van der Waals surface area (Å²) in [4.78, 5) is 35.2. The number of amides is 1. The van der Waals surface area contributed by atoms with Crippen molar-refractivity contribution in [1.82, 2.24) is 9.88 Å². The number of benzene rings is 2. The van der Waals surface area contributed by atoms with E-state index in [0.29, 0.717) is 25.1 Å². The van der Waals surface area contributed by atoms with Gasteiger partial charge in [0.15, 0.2) is 6.61 Å². The molecule has 1 aliphatic carbocycles. The topological polar surface area (TPSA) is 75.9 Å². The maximum atomic E-state index is 13.4. The summed E-state index contributed by atoms with van der Waals surface area (Å²) < 4.78 is 11.1. The molecule has 2 aliphatic rings. The Morgan fingerprint density at radius 1 is 0.919 bits per heavy atom. The van der Waals surface area contributed by atoms with Crippen LogP contribution in [0.4, 0.5) is 5.69 Å². The van der Waals surface area contributed by atoms with Crippen molar-refractivity contribution < 1.29 is 18.7 Å². The predicted octanol–water partition coefficient (Wildman–Crippen LogP) is 4.82. The first kappa shape index (κ1) is 23.0. The molecule has 0 bridgehead atoms. The van der Waals surface area contributed by atoms with Gasteiger partial charge in [0, 0.05) is 37.3 Å². The minimum atomic E-state index is -0.481. The zero-order valence-electron chi connectivity index (χ0n) is 20.4. The van der Waals surface area contributed by atoms with Crippen LogP contribution in [0, 0.1) is 0 Å². The molecule has 1 saturated heterocycles. The second kappa shape index (κ2) is 9.93. The highest BCUT2D eigenvalue weighted by Gasteiger charge is 2.29. The van der Waals surface area contributed by atoms with E-state index in [0.717, 1.165) is 58.7 Å². The van der Waals surface area contributed by atoms with Crippen LogP contribution in [-0.2, 0) is 16.0 Å². The summed E-state index contributed by atoms with van der Waals surface area (Å²) in [6.45, 7) is 2.41. The van der Waals surface area contributed by atoms with Crippen LogP contribution in [0.25, 0.3) is 22.6 Å². The van der Waals surface area contributed by atoms with Crippen LogP contribution in [0.5, 0.6) is 0 Å². The number of piperazine rings is 1. The van der Waals surface area contributed by atoms with Gasteiger partial charge in [-0.05, 0) is 60.4 Å². The Labute approximate surface area is 215 Å². The van der Waals surface area contributed by atoms with E-state index >= 15 is 0 Å². The van der Waals surface area contributed by atoms with Gasteiger partial charge in [0.1, 0.15) is 5.76 Å². The van der Waals surface area contributed by atoms with Gasteiger partial charge in [-0.25, -0.2) is 9.78 Å². The second-order valence-electron chi connectivity index (χ2n) is 9.30. The third-order valence-electron chi connectivity index (χ3n) is 7.09. The molecule has 3 heterocycles. The molecule has 2 aromatic heterocycles. The number of ether oxygens (including phenoxy) is 1. The number of pyridine rings is 1. The number of nitrogens with zero attached hydrogens (tertiary/aromatic N) is 3. The van der Waals surface area contributed by atoms with Crippen LogP contribution in [0.2, 0.25) is 0 Å². The molecule has 6 rings (SSSR count). The maximum Gasteiger partial charge on any atom is 0.339 e. The molecule has 2 aromatic carbocycles. The van der Waals surface area contributed by atoms with E-state index in [2.05, 4.69) is 17.0 Å². The Hall–Kier alpha value is -4.39. The minimum Gasteiger partial charge on any atom is -0.465 e. The summed E-state index contributed by atoms with van der Waals surface area (Å²) >= 11 is 0. The molecule has 0 N–H and O–H groups in total. The molecule has 186 valence electrons. The summed E-state index contributed by atoms with van der Waals surface area (Å²) in [6, 6.07) is 21.5. The van der Waals surface area contributed by atoms with Crippen molar-refractivity contribution in [2.24, 2.45) is 0 Å². The van der Waals surface area contributed by atoms with Gasteiger partial charge in [-0.15, -0.1) is 0 Å². The van der Waals surface area contributed by atoms with E-state index in [1.165, 1.54) is 0 Å². The number of fused-ring (bicyclic) bond motifs is 2. The first-order valence-corrected chi connectivity index (χ1v) is 12.6. The number of hydrogen-bond donors (Lipinski definition) is 0. The smallest absolute Gasteiger partial charge is 0.339 e. The van der Waals surface area contributed by atoms with Gasteiger partial charge < -0.3 is 19.0 Å². The number of anilines is 1. The van der Waals surface area contributed by atoms with E-state index in [1.54, 1.807) is 11.2 Å². The molecule has 0 atom stereocenters. The maximum absolute atomic E-state index is 13.4. The second-order valence-corrected chi connectivity index (χ2v) is 9.30. The van der Waals surface area contributed by atoms with Crippen LogP contribution in [0.1, 0.15) is 33.8 Å². The van der Waals surface area contributed by atoms with Crippen molar-refractivity contribution >= 4 is 40.1 Å². The Balaban J connectivity index is 1.18. The fourth-order valence-corrected chi connectivity index (χ4v) is 5.20. The average molecular weight is 494 g/mol. The summed E-state index contributed by atoms with van der Waals surface area (Å²) in [5.41, 5.74) is 5.07. The number of hydrogen-bond acceptors (Lipinski definition) is 6. The highest BCUT2D eigenvalue weighted by molar-refractivity contribution is 6.07. The number of para-hydroxylation sites is 2. The van der Waals surface area contributed by atoms with Crippen LogP contribution in [0.15, 0.2) is 77.4 Å². The molecule has 7 nitrogen and oxygen atoms in total. The number of esters is 1. The normalized spacial score (nSPS) is 16.3. The molecule has 0 spiro atoms. The SMILES string of the molecule is O=C(OCC(=O)N1CCN(c2ccccc2)CC1)c1c2c(nc3ccccc13)/C(=C/c1ccco1)CC2. The van der Waals surface area contributed by atoms with Crippen LogP contribution < -0.4 is 4.90 Å². The fourth-order valence-electron chi connectivity index (χ4n) is 5.20. The van der Waals surface area contributed by atoms with Gasteiger partial charge >= 0.3 is 5.97 Å². The Morgan fingerprint density at radius 3 is 2.49 bits per heavy atom. The van der Waals surface area contributed by atoms with Crippen molar-refractivity contribution in [3.8, 4) is 0 Å². The number of aromatic nitrogens is 1. The molecule has 37 heavy (non-hydrogen) atoms. The zero-order valence-corrected chi connectivity index (χ0v) is 20.4. The number of rotatable bonds is 5. The summed E-state index contributed by atoms with van der Waals surface area (Å²) in [6.07, 6.45) is 5.04. The van der Waals surface area contributed by atoms with E-state index < -0.39 is 5.97 Å². The first-order chi connectivity index (χ1) is 18.2. The van der Waals surface area contributed by atoms with Gasteiger partial charge in [-0.2, -0.15) is 0 Å². The lowest BCUT2D eigenvalue weighted by Gasteiger charge is -2.36. The first-order valence-electron chi connectivity index (χ1n) is 12.6. The number of furan rings is 1. The third-order valence-corrected chi connectivity index (χ3v) is 7.09. The Kier molecular flexibility index (Phi) is 6.18. The monoisotopic (exact) mass is 493 g/mol. The zero-order chi connectivity index (χ0) is 25.2. The molecule has 0 radical (unpaired) electrons. The van der Waals surface area contributed by atoms with E-state index in [1.807, 2.05) is 60.7 Å². The molecule has 1 aliphatic heterocycles. The van der Waals surface area contributed by atoms with Crippen molar-refractivity contribution in [3.63, 3.8) is 0 Å². The molecular formula is C30H27N3O4. The van der Waals surface area contributed by atoms with E-state index in [-0.39, 0.29) is 12.5 Å². The average Bonchev–Trinajstić information content (AvgIpc) is 3.61. The lowest BCUT2D eigenvalue weighted by Crippen LogP contribution is -2.49. The molecule has 0 unspecified atom stereocenters. The van der Waals surface area contributed by atoms with Crippen LogP contribution in [-0.4, -0.2) is 54.5 Å². The molecule has 1 fully saturated rings. The number of allylic oxidation sites excluding steroid dienone is 1.